The van der Waals surface area contributed by atoms with Gasteiger partial charge in [0.25, 0.3) is 0 Å². The summed E-state index contributed by atoms with van der Waals surface area (Å²) in [7, 11) is -3.44. The number of nitrogens with one attached hydrogen (secondary N) is 1. The molecule has 1 unspecified atom stereocenters. The second kappa shape index (κ2) is 6.74. The van der Waals surface area contributed by atoms with E-state index in [0.29, 0.717) is 19.8 Å². The second-order valence-corrected chi connectivity index (χ2v) is 7.14. The minimum Gasteiger partial charge on any atom is -0.377 e. The Hall–Kier alpha value is -1.15. The van der Waals surface area contributed by atoms with Crippen molar-refractivity contribution in [2.75, 3.05) is 31.2 Å². The first-order chi connectivity index (χ1) is 9.94. The zero-order chi connectivity index (χ0) is 15.5. The van der Waals surface area contributed by atoms with Crippen LogP contribution in [-0.2, 0) is 14.8 Å². The van der Waals surface area contributed by atoms with Crippen LogP contribution in [0.3, 0.4) is 0 Å². The lowest BCUT2D eigenvalue weighted by Gasteiger charge is -2.36. The fraction of sp³-hybridized carbons (Fsp3) is 0.571. The summed E-state index contributed by atoms with van der Waals surface area (Å²) < 4.78 is 32.2. The summed E-state index contributed by atoms with van der Waals surface area (Å²) in [5.41, 5.74) is 6.73. The van der Waals surface area contributed by atoms with E-state index in [0.717, 1.165) is 12.2 Å². The van der Waals surface area contributed by atoms with Gasteiger partial charge in [-0.05, 0) is 38.1 Å². The molecule has 7 heteroatoms. The fourth-order valence-electron chi connectivity index (χ4n) is 2.39. The smallest absolute Gasteiger partial charge is 0.240 e. The van der Waals surface area contributed by atoms with Gasteiger partial charge in [0.1, 0.15) is 0 Å². The van der Waals surface area contributed by atoms with E-state index >= 15 is 0 Å². The Bertz CT molecular complexity index is 557. The van der Waals surface area contributed by atoms with Crippen molar-refractivity contribution < 1.29 is 13.2 Å². The highest BCUT2D eigenvalue weighted by molar-refractivity contribution is 7.89. The molecule has 1 saturated heterocycles. The lowest BCUT2D eigenvalue weighted by atomic mass is 10.2. The van der Waals surface area contributed by atoms with E-state index in [9.17, 15) is 8.42 Å². The molecule has 1 heterocycles. The number of ether oxygens (including phenoxy) is 1. The molecule has 1 aromatic rings. The number of morpholine rings is 1. The van der Waals surface area contributed by atoms with Crippen LogP contribution in [0, 0.1) is 0 Å². The summed E-state index contributed by atoms with van der Waals surface area (Å²) >= 11 is 0. The first kappa shape index (κ1) is 16.2. The summed E-state index contributed by atoms with van der Waals surface area (Å²) in [4.78, 5) is 2.44. The Kier molecular flexibility index (Phi) is 5.21. The topological polar surface area (TPSA) is 84.7 Å². The fourth-order valence-corrected chi connectivity index (χ4v) is 3.64. The lowest BCUT2D eigenvalue weighted by molar-refractivity contribution is 0.0963. The first-order valence-electron chi connectivity index (χ1n) is 7.11. The first-order valence-corrected chi connectivity index (χ1v) is 8.59. The number of benzene rings is 1. The molecule has 0 aliphatic carbocycles. The van der Waals surface area contributed by atoms with E-state index in [4.69, 9.17) is 10.5 Å². The highest BCUT2D eigenvalue weighted by Crippen LogP contribution is 2.21. The SMILES string of the molecule is CC(C)NS(=O)(=O)c1ccc(N2CCOCC2CN)cc1. The number of nitrogens with zero attached hydrogens (tertiary/aromatic N) is 1. The molecular formula is C14H23N3O3S. The van der Waals surface area contributed by atoms with E-state index in [1.54, 1.807) is 26.0 Å². The summed E-state index contributed by atoms with van der Waals surface area (Å²) in [6.45, 7) is 6.13. The van der Waals surface area contributed by atoms with Crippen molar-refractivity contribution in [3.63, 3.8) is 0 Å². The van der Waals surface area contributed by atoms with Gasteiger partial charge in [0.2, 0.25) is 10.0 Å². The molecule has 1 aliphatic rings. The zero-order valence-corrected chi connectivity index (χ0v) is 13.3. The maximum Gasteiger partial charge on any atom is 0.240 e. The maximum absolute atomic E-state index is 12.1. The molecule has 1 fully saturated rings. The van der Waals surface area contributed by atoms with Gasteiger partial charge in [0.05, 0.1) is 24.2 Å². The van der Waals surface area contributed by atoms with Gasteiger partial charge >= 0.3 is 0 Å². The molecule has 0 saturated carbocycles. The van der Waals surface area contributed by atoms with Gasteiger partial charge in [0, 0.05) is 24.8 Å². The molecular weight excluding hydrogens is 290 g/mol. The molecule has 6 nitrogen and oxygen atoms in total. The van der Waals surface area contributed by atoms with Crippen LogP contribution in [0.2, 0.25) is 0 Å². The largest absolute Gasteiger partial charge is 0.377 e. The minimum absolute atomic E-state index is 0.129. The number of nitrogens with two attached hydrogens (primary N) is 1. The maximum atomic E-state index is 12.1. The Morgan fingerprint density at radius 1 is 1.38 bits per heavy atom. The van der Waals surface area contributed by atoms with Crippen LogP contribution in [0.5, 0.6) is 0 Å². The van der Waals surface area contributed by atoms with Gasteiger partial charge < -0.3 is 15.4 Å². The number of hydrogen-bond donors (Lipinski definition) is 2. The predicted molar refractivity (Wildman–Crippen MR) is 82.9 cm³/mol. The average Bonchev–Trinajstić information content (AvgIpc) is 2.46. The second-order valence-electron chi connectivity index (χ2n) is 5.43. The van der Waals surface area contributed by atoms with Gasteiger partial charge in [-0.15, -0.1) is 0 Å². The molecule has 3 N–H and O–H groups in total. The Morgan fingerprint density at radius 3 is 2.62 bits per heavy atom. The number of hydrogen-bond acceptors (Lipinski definition) is 5. The normalized spacial score (nSPS) is 20.0. The molecule has 1 aliphatic heterocycles. The van der Waals surface area contributed by atoms with Crippen molar-refractivity contribution in [2.24, 2.45) is 5.73 Å². The third-order valence-corrected chi connectivity index (χ3v) is 5.04. The van der Waals surface area contributed by atoms with Gasteiger partial charge in [0.15, 0.2) is 0 Å². The highest BCUT2D eigenvalue weighted by Gasteiger charge is 2.22. The average molecular weight is 313 g/mol. The van der Waals surface area contributed by atoms with E-state index in [1.165, 1.54) is 0 Å². The predicted octanol–water partition coefficient (Wildman–Crippen LogP) is 0.537. The Labute approximate surface area is 126 Å². The standard InChI is InChI=1S/C14H23N3O3S/c1-11(2)16-21(18,19)14-5-3-12(4-6-14)17-7-8-20-10-13(17)9-15/h3-6,11,13,16H,7-10,15H2,1-2H3. The summed E-state index contributed by atoms with van der Waals surface area (Å²) in [6.07, 6.45) is 0. The van der Waals surface area contributed by atoms with E-state index in [-0.39, 0.29) is 17.0 Å². The molecule has 2 rings (SSSR count). The van der Waals surface area contributed by atoms with Crippen LogP contribution >= 0.6 is 0 Å². The molecule has 0 spiro atoms. The third-order valence-electron chi connectivity index (χ3n) is 3.37. The van der Waals surface area contributed by atoms with Crippen LogP contribution in [-0.4, -0.2) is 46.8 Å². The lowest BCUT2D eigenvalue weighted by Crippen LogP contribution is -2.49. The molecule has 1 aromatic carbocycles. The van der Waals surface area contributed by atoms with E-state index in [1.807, 2.05) is 12.1 Å². The molecule has 21 heavy (non-hydrogen) atoms. The Morgan fingerprint density at radius 2 is 2.05 bits per heavy atom. The van der Waals surface area contributed by atoms with Crippen molar-refractivity contribution in [2.45, 2.75) is 30.8 Å². The van der Waals surface area contributed by atoms with E-state index < -0.39 is 10.0 Å². The summed E-state index contributed by atoms with van der Waals surface area (Å²) in [5, 5.41) is 0. The summed E-state index contributed by atoms with van der Waals surface area (Å²) in [5.74, 6) is 0. The van der Waals surface area contributed by atoms with Crippen LogP contribution in [0.15, 0.2) is 29.2 Å². The van der Waals surface area contributed by atoms with Gasteiger partial charge in [-0.2, -0.15) is 0 Å². The number of anilines is 1. The quantitative estimate of drug-likeness (QED) is 0.829. The van der Waals surface area contributed by atoms with Gasteiger partial charge in [-0.1, -0.05) is 0 Å². The highest BCUT2D eigenvalue weighted by atomic mass is 32.2. The third kappa shape index (κ3) is 3.94. The molecule has 0 amide bonds. The number of rotatable bonds is 5. The van der Waals surface area contributed by atoms with Crippen molar-refractivity contribution in [1.82, 2.24) is 4.72 Å². The monoisotopic (exact) mass is 313 g/mol. The molecule has 1 atom stereocenters. The van der Waals surface area contributed by atoms with Crippen molar-refractivity contribution in [3.8, 4) is 0 Å². The number of sulfonamides is 1. The molecule has 0 bridgehead atoms. The van der Waals surface area contributed by atoms with Crippen LogP contribution in [0.25, 0.3) is 0 Å². The zero-order valence-electron chi connectivity index (χ0n) is 12.5. The molecule has 0 radical (unpaired) electrons. The minimum atomic E-state index is -3.44. The van der Waals surface area contributed by atoms with Crippen molar-refractivity contribution in [1.29, 1.82) is 0 Å². The summed E-state index contributed by atoms with van der Waals surface area (Å²) in [6, 6.07) is 6.91. The van der Waals surface area contributed by atoms with Gasteiger partial charge in [-0.3, -0.25) is 0 Å². The van der Waals surface area contributed by atoms with Crippen LogP contribution < -0.4 is 15.4 Å². The molecule has 118 valence electrons. The van der Waals surface area contributed by atoms with Crippen LogP contribution in [0.1, 0.15) is 13.8 Å². The Balaban J connectivity index is 2.18. The van der Waals surface area contributed by atoms with Crippen molar-refractivity contribution >= 4 is 15.7 Å². The van der Waals surface area contributed by atoms with Gasteiger partial charge in [-0.25, -0.2) is 13.1 Å². The van der Waals surface area contributed by atoms with Crippen molar-refractivity contribution in [3.05, 3.63) is 24.3 Å². The van der Waals surface area contributed by atoms with E-state index in [2.05, 4.69) is 9.62 Å². The van der Waals surface area contributed by atoms with Crippen LogP contribution in [0.4, 0.5) is 5.69 Å². The molecule has 0 aromatic heterocycles.